The summed E-state index contributed by atoms with van der Waals surface area (Å²) in [5.74, 6) is 0.672. The van der Waals surface area contributed by atoms with Crippen molar-refractivity contribution in [2.45, 2.75) is 16.9 Å². The lowest BCUT2D eigenvalue weighted by Gasteiger charge is -2.40. The lowest BCUT2D eigenvalue weighted by atomic mass is 9.79. The summed E-state index contributed by atoms with van der Waals surface area (Å²) in [6.45, 7) is 0. The first-order chi connectivity index (χ1) is 17.9. The number of amides is 2. The predicted octanol–water partition coefficient (Wildman–Crippen LogP) is 4.99. The molecule has 2 atom stereocenters. The number of rotatable bonds is 8. The molecule has 0 radical (unpaired) electrons. The Kier molecular flexibility index (Phi) is 7.83. The van der Waals surface area contributed by atoms with E-state index in [-0.39, 0.29) is 11.8 Å². The maximum absolute atomic E-state index is 14.1. The average molecular weight is 523 g/mol. The van der Waals surface area contributed by atoms with Crippen LogP contribution in [-0.2, 0) is 4.79 Å². The van der Waals surface area contributed by atoms with Crippen molar-refractivity contribution in [2.75, 3.05) is 47.1 Å². The number of nitrogens with zero attached hydrogens (tertiary/aromatic N) is 1. The van der Waals surface area contributed by atoms with Crippen LogP contribution in [0.25, 0.3) is 0 Å². The maximum Gasteiger partial charge on any atom is 0.254 e. The summed E-state index contributed by atoms with van der Waals surface area (Å²) in [4.78, 5) is 30.3. The number of fused-ring (bicyclic) bond motifs is 1. The Bertz CT molecular complexity index is 1310. The van der Waals surface area contributed by atoms with Gasteiger partial charge in [0.2, 0.25) is 5.91 Å². The Labute approximate surface area is 220 Å². The number of carbonyl (C=O) groups is 2. The van der Waals surface area contributed by atoms with Crippen LogP contribution in [0.3, 0.4) is 0 Å². The molecule has 0 saturated heterocycles. The average Bonchev–Trinajstić information content (AvgIpc) is 2.94. The van der Waals surface area contributed by atoms with Crippen LogP contribution in [0, 0.1) is 0 Å². The van der Waals surface area contributed by atoms with Gasteiger partial charge in [0.1, 0.15) is 11.5 Å². The van der Waals surface area contributed by atoms with E-state index in [1.807, 2.05) is 30.5 Å². The number of thioether (sulfide) groups is 1. The molecule has 4 rings (SSSR count). The van der Waals surface area contributed by atoms with Crippen molar-refractivity contribution in [1.82, 2.24) is 4.90 Å². The van der Waals surface area contributed by atoms with Crippen molar-refractivity contribution in [3.8, 4) is 23.0 Å². The third-order valence-electron chi connectivity index (χ3n) is 6.58. The van der Waals surface area contributed by atoms with E-state index in [1.165, 1.54) is 21.3 Å². The Morgan fingerprint density at radius 2 is 1.51 bits per heavy atom. The highest BCUT2D eigenvalue weighted by Gasteiger charge is 2.43. The van der Waals surface area contributed by atoms with Gasteiger partial charge in [-0.2, -0.15) is 0 Å². The zero-order chi connectivity index (χ0) is 26.7. The summed E-state index contributed by atoms with van der Waals surface area (Å²) in [5.41, 5.74) is 2.28. The quantitative estimate of drug-likeness (QED) is 0.417. The van der Waals surface area contributed by atoms with Crippen LogP contribution in [0.2, 0.25) is 0 Å². The van der Waals surface area contributed by atoms with Crippen molar-refractivity contribution >= 4 is 29.3 Å². The third kappa shape index (κ3) is 4.91. The zero-order valence-corrected chi connectivity index (χ0v) is 22.5. The number of nitrogens with one attached hydrogen (secondary N) is 1. The van der Waals surface area contributed by atoms with Gasteiger partial charge in [0.15, 0.2) is 11.5 Å². The highest BCUT2D eigenvalue weighted by molar-refractivity contribution is 7.98. The molecule has 8 nitrogen and oxygen atoms in total. The molecule has 3 aromatic carbocycles. The van der Waals surface area contributed by atoms with E-state index in [9.17, 15) is 9.59 Å². The summed E-state index contributed by atoms with van der Waals surface area (Å²) >= 11 is 1.62. The highest BCUT2D eigenvalue weighted by Crippen LogP contribution is 2.46. The summed E-state index contributed by atoms with van der Waals surface area (Å²) in [6, 6.07) is 15.9. The molecule has 0 spiro atoms. The molecule has 2 amide bonds. The molecule has 1 heterocycles. The number of ether oxygens (including phenoxy) is 4. The van der Waals surface area contributed by atoms with Gasteiger partial charge < -0.3 is 29.2 Å². The second-order valence-corrected chi connectivity index (χ2v) is 9.34. The van der Waals surface area contributed by atoms with E-state index in [0.717, 1.165) is 10.5 Å². The van der Waals surface area contributed by atoms with Crippen LogP contribution < -0.4 is 24.3 Å². The number of benzene rings is 3. The van der Waals surface area contributed by atoms with E-state index in [1.54, 1.807) is 61.2 Å². The topological polar surface area (TPSA) is 86.3 Å². The van der Waals surface area contributed by atoms with E-state index in [0.29, 0.717) is 39.8 Å². The second kappa shape index (κ2) is 11.0. The number of hydrogen-bond acceptors (Lipinski definition) is 7. The molecule has 0 aliphatic carbocycles. The number of anilines is 1. The third-order valence-corrected chi connectivity index (χ3v) is 7.32. The normalized spacial score (nSPS) is 16.6. The van der Waals surface area contributed by atoms with Crippen molar-refractivity contribution < 1.29 is 28.5 Å². The molecule has 1 aliphatic rings. The van der Waals surface area contributed by atoms with Crippen molar-refractivity contribution in [2.24, 2.45) is 0 Å². The van der Waals surface area contributed by atoms with Crippen molar-refractivity contribution in [3.63, 3.8) is 0 Å². The van der Waals surface area contributed by atoms with Gasteiger partial charge >= 0.3 is 0 Å². The van der Waals surface area contributed by atoms with E-state index >= 15 is 0 Å². The van der Waals surface area contributed by atoms with E-state index in [4.69, 9.17) is 18.9 Å². The van der Waals surface area contributed by atoms with E-state index < -0.39 is 12.0 Å². The number of methoxy groups -OCH3 is 4. The van der Waals surface area contributed by atoms with Gasteiger partial charge in [-0.05, 0) is 53.8 Å². The summed E-state index contributed by atoms with van der Waals surface area (Å²) in [6.07, 6.45) is 2.00. The largest absolute Gasteiger partial charge is 0.497 e. The second-order valence-electron chi connectivity index (χ2n) is 8.46. The molecule has 1 N–H and O–H groups in total. The fourth-order valence-electron chi connectivity index (χ4n) is 4.66. The minimum absolute atomic E-state index is 0.207. The number of hydrogen-bond donors (Lipinski definition) is 1. The first-order valence-electron chi connectivity index (χ1n) is 11.6. The number of carbonyl (C=O) groups excluding carboxylic acids is 2. The molecule has 0 unspecified atom stereocenters. The SMILES string of the molecule is COc1ccc(NC(=O)[C@H]2c3cc(OC)c(OC)cc3C(=O)N(C)[C@H]2c2ccc(SC)cc2)c(OC)c1. The number of likely N-dealkylation sites (N-methyl/N-ethyl adjacent to an activating group) is 1. The molecule has 194 valence electrons. The zero-order valence-electron chi connectivity index (χ0n) is 21.7. The molecular weight excluding hydrogens is 492 g/mol. The van der Waals surface area contributed by atoms with Gasteiger partial charge in [-0.15, -0.1) is 11.8 Å². The molecule has 0 saturated carbocycles. The molecule has 37 heavy (non-hydrogen) atoms. The van der Waals surface area contributed by atoms with Gasteiger partial charge in [-0.1, -0.05) is 12.1 Å². The van der Waals surface area contributed by atoms with Gasteiger partial charge in [0, 0.05) is 23.6 Å². The Balaban J connectivity index is 1.86. The van der Waals surface area contributed by atoms with Gasteiger partial charge in [0.05, 0.1) is 46.1 Å². The summed E-state index contributed by atoms with van der Waals surface area (Å²) in [5, 5.41) is 3.01. The maximum atomic E-state index is 14.1. The molecular formula is C28H30N2O6S. The van der Waals surface area contributed by atoms with E-state index in [2.05, 4.69) is 5.32 Å². The standard InChI is InChI=1S/C28H30N2O6S/c1-30-26(16-7-10-18(37-6)11-8-16)25(19-14-23(35-4)24(36-5)15-20(19)28(30)32)27(31)29-21-12-9-17(33-2)13-22(21)34-3/h7-15,25-26H,1-6H3,(H,29,31)/t25-,26-/m0/s1. The Morgan fingerprint density at radius 3 is 2.11 bits per heavy atom. The first-order valence-corrected chi connectivity index (χ1v) is 12.8. The van der Waals surface area contributed by atoms with Crippen LogP contribution in [0.4, 0.5) is 5.69 Å². The molecule has 9 heteroatoms. The van der Waals surface area contributed by atoms with Gasteiger partial charge in [0.25, 0.3) is 5.91 Å². The molecule has 3 aromatic rings. The minimum atomic E-state index is -0.746. The molecule has 0 aromatic heterocycles. The first kappa shape index (κ1) is 26.2. The van der Waals surface area contributed by atoms with Crippen molar-refractivity contribution in [1.29, 1.82) is 0 Å². The van der Waals surface area contributed by atoms with Crippen LogP contribution in [0.15, 0.2) is 59.5 Å². The van der Waals surface area contributed by atoms with Crippen LogP contribution in [-0.4, -0.2) is 58.5 Å². The summed E-state index contributed by atoms with van der Waals surface area (Å²) in [7, 11) is 7.84. The molecule has 1 aliphatic heterocycles. The van der Waals surface area contributed by atoms with Gasteiger partial charge in [-0.25, -0.2) is 0 Å². The Morgan fingerprint density at radius 1 is 0.865 bits per heavy atom. The van der Waals surface area contributed by atoms with Crippen LogP contribution >= 0.6 is 11.8 Å². The Hall–Kier alpha value is -3.85. The van der Waals surface area contributed by atoms with Crippen LogP contribution in [0.5, 0.6) is 23.0 Å². The van der Waals surface area contributed by atoms with Crippen molar-refractivity contribution in [3.05, 3.63) is 71.3 Å². The minimum Gasteiger partial charge on any atom is -0.497 e. The summed E-state index contributed by atoms with van der Waals surface area (Å²) < 4.78 is 21.7. The van der Waals surface area contributed by atoms with Gasteiger partial charge in [-0.3, -0.25) is 9.59 Å². The van der Waals surface area contributed by atoms with Crippen LogP contribution in [0.1, 0.15) is 33.4 Å². The predicted molar refractivity (Wildman–Crippen MR) is 144 cm³/mol. The fraction of sp³-hybridized carbons (Fsp3) is 0.286. The lowest BCUT2D eigenvalue weighted by molar-refractivity contribution is -0.119. The molecule has 0 bridgehead atoms. The monoisotopic (exact) mass is 522 g/mol. The fourth-order valence-corrected chi connectivity index (χ4v) is 5.07. The lowest BCUT2D eigenvalue weighted by Crippen LogP contribution is -2.44. The smallest absolute Gasteiger partial charge is 0.254 e. The molecule has 0 fully saturated rings. The highest BCUT2D eigenvalue weighted by atomic mass is 32.2.